The second-order valence-corrected chi connectivity index (χ2v) is 8.50. The maximum Gasteiger partial charge on any atom is 0.242 e. The lowest BCUT2D eigenvalue weighted by Crippen LogP contribution is -2.24. The van der Waals surface area contributed by atoms with Crippen LogP contribution in [0.5, 0.6) is 0 Å². The molecule has 116 valence electrons. The Morgan fingerprint density at radius 2 is 2.19 bits per heavy atom. The summed E-state index contributed by atoms with van der Waals surface area (Å²) in [5, 5.41) is 10.7. The van der Waals surface area contributed by atoms with E-state index in [1.54, 1.807) is 17.7 Å². The SMILES string of the molecule is CCNCc1cc(S(=O)(=O)NCc2nncn2C)c(Br)s1. The van der Waals surface area contributed by atoms with Crippen molar-refractivity contribution in [2.75, 3.05) is 6.54 Å². The molecular formula is C11H16BrN5O2S2. The van der Waals surface area contributed by atoms with Crippen molar-refractivity contribution < 1.29 is 8.42 Å². The van der Waals surface area contributed by atoms with Crippen molar-refractivity contribution in [1.82, 2.24) is 24.8 Å². The van der Waals surface area contributed by atoms with Crippen molar-refractivity contribution in [3.63, 3.8) is 0 Å². The molecule has 0 spiro atoms. The van der Waals surface area contributed by atoms with E-state index in [1.807, 2.05) is 6.92 Å². The third kappa shape index (κ3) is 4.10. The summed E-state index contributed by atoms with van der Waals surface area (Å²) in [6, 6.07) is 1.68. The molecular weight excluding hydrogens is 378 g/mol. The van der Waals surface area contributed by atoms with Crippen molar-refractivity contribution >= 4 is 37.3 Å². The van der Waals surface area contributed by atoms with Crippen LogP contribution in [0.2, 0.25) is 0 Å². The van der Waals surface area contributed by atoms with E-state index in [9.17, 15) is 8.42 Å². The smallest absolute Gasteiger partial charge is 0.242 e. The fraction of sp³-hybridized carbons (Fsp3) is 0.455. The maximum absolute atomic E-state index is 12.3. The summed E-state index contributed by atoms with van der Waals surface area (Å²) in [6.07, 6.45) is 1.53. The molecule has 0 saturated carbocycles. The molecule has 0 aromatic carbocycles. The van der Waals surface area contributed by atoms with Gasteiger partial charge in [-0.15, -0.1) is 21.5 Å². The van der Waals surface area contributed by atoms with Crippen molar-refractivity contribution in [1.29, 1.82) is 0 Å². The Hall–Kier alpha value is -0.810. The average molecular weight is 394 g/mol. The molecule has 10 heteroatoms. The van der Waals surface area contributed by atoms with E-state index >= 15 is 0 Å². The lowest BCUT2D eigenvalue weighted by Gasteiger charge is -2.05. The molecule has 0 fully saturated rings. The molecule has 0 aliphatic carbocycles. The minimum Gasteiger partial charge on any atom is -0.320 e. The molecule has 0 aliphatic rings. The quantitative estimate of drug-likeness (QED) is 0.738. The first-order chi connectivity index (χ1) is 9.94. The van der Waals surface area contributed by atoms with Gasteiger partial charge in [0.05, 0.1) is 10.3 Å². The molecule has 0 saturated heterocycles. The number of halogens is 1. The van der Waals surface area contributed by atoms with Gasteiger partial charge in [-0.1, -0.05) is 6.92 Å². The Labute approximate surface area is 136 Å². The summed E-state index contributed by atoms with van der Waals surface area (Å²) < 4.78 is 29.5. The fourth-order valence-electron chi connectivity index (χ4n) is 1.62. The van der Waals surface area contributed by atoms with Crippen LogP contribution < -0.4 is 10.0 Å². The minimum atomic E-state index is -3.58. The van der Waals surface area contributed by atoms with Crippen molar-refractivity contribution in [2.45, 2.75) is 24.9 Å². The molecule has 0 unspecified atom stereocenters. The van der Waals surface area contributed by atoms with Crippen LogP contribution in [-0.4, -0.2) is 29.7 Å². The van der Waals surface area contributed by atoms with Gasteiger partial charge >= 0.3 is 0 Å². The second kappa shape index (κ2) is 6.97. The van der Waals surface area contributed by atoms with E-state index < -0.39 is 10.0 Å². The second-order valence-electron chi connectivity index (χ2n) is 4.31. The number of hydrogen-bond donors (Lipinski definition) is 2. The van der Waals surface area contributed by atoms with Crippen LogP contribution in [0.3, 0.4) is 0 Å². The van der Waals surface area contributed by atoms with E-state index in [4.69, 9.17) is 0 Å². The van der Waals surface area contributed by atoms with Crippen LogP contribution in [0.25, 0.3) is 0 Å². The van der Waals surface area contributed by atoms with Gasteiger partial charge in [-0.2, -0.15) is 0 Å². The van der Waals surface area contributed by atoms with Gasteiger partial charge in [0, 0.05) is 18.5 Å². The molecule has 0 amide bonds. The molecule has 0 atom stereocenters. The van der Waals surface area contributed by atoms with Gasteiger partial charge in [0.1, 0.15) is 17.0 Å². The van der Waals surface area contributed by atoms with Crippen molar-refractivity contribution in [3.8, 4) is 0 Å². The molecule has 2 aromatic heterocycles. The van der Waals surface area contributed by atoms with E-state index in [1.165, 1.54) is 17.7 Å². The van der Waals surface area contributed by atoms with Gasteiger partial charge in [-0.3, -0.25) is 0 Å². The van der Waals surface area contributed by atoms with E-state index in [2.05, 4.69) is 36.2 Å². The number of nitrogens with one attached hydrogen (secondary N) is 2. The topological polar surface area (TPSA) is 88.9 Å². The Balaban J connectivity index is 2.12. The van der Waals surface area contributed by atoms with Crippen LogP contribution in [0.4, 0.5) is 0 Å². The number of aryl methyl sites for hydroxylation is 1. The predicted octanol–water partition coefficient (Wildman–Crippen LogP) is 1.23. The lowest BCUT2D eigenvalue weighted by molar-refractivity contribution is 0.577. The van der Waals surface area contributed by atoms with E-state index in [0.717, 1.165) is 11.4 Å². The number of rotatable bonds is 7. The van der Waals surface area contributed by atoms with Gasteiger partial charge in [0.2, 0.25) is 10.0 Å². The molecule has 2 N–H and O–H groups in total. The van der Waals surface area contributed by atoms with Gasteiger partial charge < -0.3 is 9.88 Å². The van der Waals surface area contributed by atoms with Gasteiger partial charge in [-0.05, 0) is 28.5 Å². The maximum atomic E-state index is 12.3. The standard InChI is InChI=1S/C11H16BrN5O2S2/c1-3-13-5-8-4-9(11(12)20-8)21(18,19)15-6-10-16-14-7-17(10)2/h4,7,13,15H,3,5-6H2,1-2H3. The molecule has 2 heterocycles. The summed E-state index contributed by atoms with van der Waals surface area (Å²) in [4.78, 5) is 1.21. The van der Waals surface area contributed by atoms with Crippen molar-refractivity contribution in [3.05, 3.63) is 26.9 Å². The molecule has 0 radical (unpaired) electrons. The molecule has 2 rings (SSSR count). The number of sulfonamides is 1. The zero-order valence-electron chi connectivity index (χ0n) is 11.6. The summed E-state index contributed by atoms with van der Waals surface area (Å²) in [5.74, 6) is 0.554. The van der Waals surface area contributed by atoms with Crippen molar-refractivity contribution in [2.24, 2.45) is 7.05 Å². The normalized spacial score (nSPS) is 12.0. The highest BCUT2D eigenvalue weighted by Crippen LogP contribution is 2.31. The Morgan fingerprint density at radius 3 is 2.81 bits per heavy atom. The highest BCUT2D eigenvalue weighted by Gasteiger charge is 2.21. The molecule has 7 nitrogen and oxygen atoms in total. The number of nitrogens with zero attached hydrogens (tertiary/aromatic N) is 3. The van der Waals surface area contributed by atoms with Gasteiger partial charge in [0.15, 0.2) is 0 Å². The first kappa shape index (κ1) is 16.6. The summed E-state index contributed by atoms with van der Waals surface area (Å²) in [6.45, 7) is 3.59. The molecule has 2 aromatic rings. The first-order valence-corrected chi connectivity index (χ1v) is 9.34. The van der Waals surface area contributed by atoms with Gasteiger partial charge in [0.25, 0.3) is 0 Å². The largest absolute Gasteiger partial charge is 0.320 e. The molecule has 0 aliphatic heterocycles. The van der Waals surface area contributed by atoms with Crippen LogP contribution in [0.1, 0.15) is 17.6 Å². The molecule has 0 bridgehead atoms. The highest BCUT2D eigenvalue weighted by atomic mass is 79.9. The number of aromatic nitrogens is 3. The lowest BCUT2D eigenvalue weighted by atomic mass is 10.4. The third-order valence-corrected chi connectivity index (χ3v) is 6.42. The highest BCUT2D eigenvalue weighted by molar-refractivity contribution is 9.11. The monoisotopic (exact) mass is 393 g/mol. The number of hydrogen-bond acceptors (Lipinski definition) is 6. The summed E-state index contributed by atoms with van der Waals surface area (Å²) >= 11 is 4.73. The van der Waals surface area contributed by atoms with E-state index in [-0.39, 0.29) is 11.4 Å². The Bertz CT molecular complexity index is 710. The Kier molecular flexibility index (Phi) is 5.49. The van der Waals surface area contributed by atoms with Gasteiger partial charge in [-0.25, -0.2) is 13.1 Å². The van der Waals surface area contributed by atoms with Crippen LogP contribution in [-0.2, 0) is 30.2 Å². The summed E-state index contributed by atoms with van der Waals surface area (Å²) in [5.41, 5.74) is 0. The molecule has 21 heavy (non-hydrogen) atoms. The average Bonchev–Trinajstić information content (AvgIpc) is 3.00. The minimum absolute atomic E-state index is 0.101. The van der Waals surface area contributed by atoms with Crippen LogP contribution in [0.15, 0.2) is 21.1 Å². The summed E-state index contributed by atoms with van der Waals surface area (Å²) in [7, 11) is -1.82. The van der Waals surface area contributed by atoms with Crippen LogP contribution >= 0.6 is 27.3 Å². The fourth-order valence-corrected chi connectivity index (χ4v) is 5.25. The first-order valence-electron chi connectivity index (χ1n) is 6.25. The zero-order valence-corrected chi connectivity index (χ0v) is 14.8. The van der Waals surface area contributed by atoms with E-state index in [0.29, 0.717) is 16.2 Å². The third-order valence-electron chi connectivity index (χ3n) is 2.77. The Morgan fingerprint density at radius 1 is 1.43 bits per heavy atom. The zero-order chi connectivity index (χ0) is 15.5. The predicted molar refractivity (Wildman–Crippen MR) is 84.4 cm³/mol. The number of thiophene rings is 1. The van der Waals surface area contributed by atoms with Crippen LogP contribution in [0, 0.1) is 0 Å².